The number of nitrogens with zero attached hydrogens (tertiary/aromatic N) is 1. The zero-order valence-electron chi connectivity index (χ0n) is 8.07. The van der Waals surface area contributed by atoms with E-state index in [9.17, 15) is 0 Å². The van der Waals surface area contributed by atoms with Crippen molar-refractivity contribution in [3.8, 4) is 11.3 Å². The molecule has 0 saturated heterocycles. The van der Waals surface area contributed by atoms with Gasteiger partial charge >= 0.3 is 0 Å². The molecule has 2 heteroatoms. The summed E-state index contributed by atoms with van der Waals surface area (Å²) in [6, 6.07) is 12.1. The Bertz CT molecular complexity index is 372. The van der Waals surface area contributed by atoms with Crippen molar-refractivity contribution in [3.05, 3.63) is 48.2 Å². The minimum absolute atomic E-state index is 0.695. The number of pyridine rings is 1. The molecule has 70 valence electrons. The molecule has 2 nitrogen and oxygen atoms in total. The van der Waals surface area contributed by atoms with Gasteiger partial charge in [-0.3, -0.25) is 4.98 Å². The Kier molecular flexibility index (Phi) is 2.19. The van der Waals surface area contributed by atoms with Crippen LogP contribution in [-0.2, 0) is 0 Å². The van der Waals surface area contributed by atoms with Crippen molar-refractivity contribution in [2.45, 2.75) is 6.92 Å². The summed E-state index contributed by atoms with van der Waals surface area (Å²) in [4.78, 5) is 4.25. The summed E-state index contributed by atoms with van der Waals surface area (Å²) >= 11 is 0. The molecular formula is C12H12N2. The summed E-state index contributed by atoms with van der Waals surface area (Å²) < 4.78 is 0. The Hall–Kier alpha value is -1.83. The molecule has 0 atom stereocenters. The molecule has 1 aromatic carbocycles. The van der Waals surface area contributed by atoms with E-state index in [0.717, 1.165) is 11.3 Å². The van der Waals surface area contributed by atoms with Gasteiger partial charge in [-0.25, -0.2) is 0 Å². The first-order chi connectivity index (χ1) is 6.75. The van der Waals surface area contributed by atoms with Gasteiger partial charge in [0.25, 0.3) is 0 Å². The van der Waals surface area contributed by atoms with E-state index in [1.54, 1.807) is 6.20 Å². The van der Waals surface area contributed by atoms with Crippen LogP contribution in [0.3, 0.4) is 0 Å². The number of hydrogen-bond acceptors (Lipinski definition) is 2. The van der Waals surface area contributed by atoms with E-state index in [-0.39, 0.29) is 0 Å². The van der Waals surface area contributed by atoms with Crippen molar-refractivity contribution in [1.29, 1.82) is 0 Å². The van der Waals surface area contributed by atoms with Crippen molar-refractivity contribution in [3.63, 3.8) is 0 Å². The van der Waals surface area contributed by atoms with Crippen LogP contribution >= 0.6 is 0 Å². The van der Waals surface area contributed by atoms with Crippen LogP contribution in [0.5, 0.6) is 0 Å². The Morgan fingerprint density at radius 3 is 2.29 bits per heavy atom. The molecule has 0 bridgehead atoms. The van der Waals surface area contributed by atoms with E-state index < -0.39 is 0 Å². The van der Waals surface area contributed by atoms with Gasteiger partial charge < -0.3 is 5.73 Å². The lowest BCUT2D eigenvalue weighted by molar-refractivity contribution is 1.32. The summed E-state index contributed by atoms with van der Waals surface area (Å²) in [6.45, 7) is 2.07. The number of nitrogen functional groups attached to an aromatic ring is 1. The van der Waals surface area contributed by atoms with Gasteiger partial charge in [-0.15, -0.1) is 0 Å². The highest BCUT2D eigenvalue weighted by molar-refractivity contribution is 5.60. The van der Waals surface area contributed by atoms with Crippen molar-refractivity contribution in [2.24, 2.45) is 0 Å². The summed E-state index contributed by atoms with van der Waals surface area (Å²) in [6.07, 6.45) is 1.68. The zero-order valence-corrected chi connectivity index (χ0v) is 8.07. The Labute approximate surface area is 83.4 Å². The fourth-order valence-corrected chi connectivity index (χ4v) is 1.30. The summed E-state index contributed by atoms with van der Waals surface area (Å²) in [7, 11) is 0. The van der Waals surface area contributed by atoms with E-state index in [0.29, 0.717) is 5.69 Å². The third-order valence-electron chi connectivity index (χ3n) is 2.13. The molecule has 2 N–H and O–H groups in total. The summed E-state index contributed by atoms with van der Waals surface area (Å²) in [5, 5.41) is 0. The summed E-state index contributed by atoms with van der Waals surface area (Å²) in [5.74, 6) is 0. The molecule has 0 saturated carbocycles. The third kappa shape index (κ3) is 1.74. The number of anilines is 1. The average Bonchev–Trinajstić information content (AvgIpc) is 2.21. The van der Waals surface area contributed by atoms with Crippen LogP contribution in [0.1, 0.15) is 5.56 Å². The number of hydrogen-bond donors (Lipinski definition) is 1. The highest BCUT2D eigenvalue weighted by atomic mass is 14.7. The second-order valence-corrected chi connectivity index (χ2v) is 3.34. The van der Waals surface area contributed by atoms with Gasteiger partial charge in [-0.1, -0.05) is 29.8 Å². The SMILES string of the molecule is Cc1ccc(-c2ccc(N)cn2)cc1. The van der Waals surface area contributed by atoms with Crippen molar-refractivity contribution >= 4 is 5.69 Å². The quantitative estimate of drug-likeness (QED) is 0.740. The predicted octanol–water partition coefficient (Wildman–Crippen LogP) is 2.64. The Morgan fingerprint density at radius 1 is 1.00 bits per heavy atom. The lowest BCUT2D eigenvalue weighted by Crippen LogP contribution is -1.87. The molecular weight excluding hydrogens is 172 g/mol. The standard InChI is InChI=1S/C12H12N2/c1-9-2-4-10(5-3-9)12-7-6-11(13)8-14-12/h2-8H,13H2,1H3. The molecule has 0 spiro atoms. The van der Waals surface area contributed by atoms with E-state index in [4.69, 9.17) is 5.73 Å². The normalized spacial score (nSPS) is 10.1. The molecule has 1 heterocycles. The first-order valence-corrected chi connectivity index (χ1v) is 4.54. The summed E-state index contributed by atoms with van der Waals surface area (Å²) in [5.41, 5.74) is 9.59. The number of nitrogens with two attached hydrogens (primary N) is 1. The minimum atomic E-state index is 0.695. The van der Waals surface area contributed by atoms with Gasteiger partial charge in [-0.05, 0) is 19.1 Å². The average molecular weight is 184 g/mol. The molecule has 0 aliphatic rings. The molecule has 0 unspecified atom stereocenters. The van der Waals surface area contributed by atoms with Crippen LogP contribution in [-0.4, -0.2) is 4.98 Å². The van der Waals surface area contributed by atoms with E-state index in [1.165, 1.54) is 5.56 Å². The van der Waals surface area contributed by atoms with Gasteiger partial charge in [0.1, 0.15) is 0 Å². The Balaban J connectivity index is 2.40. The Morgan fingerprint density at radius 2 is 1.71 bits per heavy atom. The van der Waals surface area contributed by atoms with Crippen LogP contribution in [0, 0.1) is 6.92 Å². The maximum Gasteiger partial charge on any atom is 0.0703 e. The fourth-order valence-electron chi connectivity index (χ4n) is 1.30. The molecule has 0 radical (unpaired) electrons. The maximum absolute atomic E-state index is 5.57. The first-order valence-electron chi connectivity index (χ1n) is 4.54. The second-order valence-electron chi connectivity index (χ2n) is 3.34. The molecule has 1 aromatic heterocycles. The number of aromatic nitrogens is 1. The zero-order chi connectivity index (χ0) is 9.97. The number of aryl methyl sites for hydroxylation is 1. The van der Waals surface area contributed by atoms with Gasteiger partial charge in [0.2, 0.25) is 0 Å². The predicted molar refractivity (Wildman–Crippen MR) is 58.8 cm³/mol. The van der Waals surface area contributed by atoms with Crippen LogP contribution in [0.15, 0.2) is 42.6 Å². The maximum atomic E-state index is 5.57. The molecule has 0 aliphatic carbocycles. The van der Waals surface area contributed by atoms with Gasteiger partial charge in [0.15, 0.2) is 0 Å². The van der Waals surface area contributed by atoms with Gasteiger partial charge in [-0.2, -0.15) is 0 Å². The van der Waals surface area contributed by atoms with Crippen LogP contribution < -0.4 is 5.73 Å². The van der Waals surface area contributed by atoms with E-state index in [2.05, 4.69) is 36.2 Å². The van der Waals surface area contributed by atoms with Crippen LogP contribution in [0.2, 0.25) is 0 Å². The molecule has 0 aliphatic heterocycles. The largest absolute Gasteiger partial charge is 0.397 e. The topological polar surface area (TPSA) is 38.9 Å². The molecule has 14 heavy (non-hydrogen) atoms. The highest BCUT2D eigenvalue weighted by Gasteiger charge is 1.97. The van der Waals surface area contributed by atoms with Crippen molar-refractivity contribution in [2.75, 3.05) is 5.73 Å². The van der Waals surface area contributed by atoms with Crippen LogP contribution in [0.4, 0.5) is 5.69 Å². The molecule has 2 aromatic rings. The minimum Gasteiger partial charge on any atom is -0.397 e. The van der Waals surface area contributed by atoms with Gasteiger partial charge in [0, 0.05) is 5.56 Å². The molecule has 2 rings (SSSR count). The monoisotopic (exact) mass is 184 g/mol. The van der Waals surface area contributed by atoms with Gasteiger partial charge in [0.05, 0.1) is 17.6 Å². The lowest BCUT2D eigenvalue weighted by atomic mass is 10.1. The first kappa shape index (κ1) is 8.75. The van der Waals surface area contributed by atoms with Crippen molar-refractivity contribution in [1.82, 2.24) is 4.98 Å². The fraction of sp³-hybridized carbons (Fsp3) is 0.0833. The van der Waals surface area contributed by atoms with E-state index in [1.807, 2.05) is 12.1 Å². The number of benzene rings is 1. The third-order valence-corrected chi connectivity index (χ3v) is 2.13. The lowest BCUT2D eigenvalue weighted by Gasteiger charge is -2.01. The molecule has 0 amide bonds. The van der Waals surface area contributed by atoms with Crippen molar-refractivity contribution < 1.29 is 0 Å². The van der Waals surface area contributed by atoms with Crippen LogP contribution in [0.25, 0.3) is 11.3 Å². The molecule has 0 fully saturated rings. The van der Waals surface area contributed by atoms with E-state index >= 15 is 0 Å². The second kappa shape index (κ2) is 3.50. The number of rotatable bonds is 1. The highest BCUT2D eigenvalue weighted by Crippen LogP contribution is 2.17. The smallest absolute Gasteiger partial charge is 0.0703 e.